The number of allylic oxidation sites excluding steroid dienone is 1. The van der Waals surface area contributed by atoms with Crippen molar-refractivity contribution in [3.05, 3.63) is 11.6 Å². The summed E-state index contributed by atoms with van der Waals surface area (Å²) in [5.41, 5.74) is -5.18. The molecule has 0 aliphatic heterocycles. The molecule has 7 atom stereocenters. The van der Waals surface area contributed by atoms with Gasteiger partial charge in [-0.05, 0) is 50.5 Å². The van der Waals surface area contributed by atoms with Crippen LogP contribution in [0.25, 0.3) is 0 Å². The predicted octanol–water partition coefficient (Wildman–Crippen LogP) is 1.86. The SMILES string of the molecule is C[C@]12CCC(=O)C=C1CC[C@H]1[C@@H]3CC[C@](O)(C(=O)COS(C)(=O)=O)[C@@]3(C)CC(O)[C@@]12F. The van der Waals surface area contributed by atoms with Crippen LogP contribution < -0.4 is 0 Å². The minimum atomic E-state index is -3.87. The molecule has 9 heteroatoms. The smallest absolute Gasteiger partial charge is 0.264 e. The van der Waals surface area contributed by atoms with E-state index in [2.05, 4.69) is 4.18 Å². The molecule has 0 radical (unpaired) electrons. The van der Waals surface area contributed by atoms with Crippen LogP contribution in [0.15, 0.2) is 11.6 Å². The van der Waals surface area contributed by atoms with Gasteiger partial charge in [-0.2, -0.15) is 8.42 Å². The highest BCUT2D eigenvalue weighted by Gasteiger charge is 2.74. The summed E-state index contributed by atoms with van der Waals surface area (Å²) in [6.07, 6.45) is 2.82. The molecule has 3 saturated carbocycles. The van der Waals surface area contributed by atoms with Crippen molar-refractivity contribution in [1.82, 2.24) is 0 Å². The Bertz CT molecular complexity index is 961. The quantitative estimate of drug-likeness (QED) is 0.618. The second kappa shape index (κ2) is 6.92. The van der Waals surface area contributed by atoms with Crippen LogP contribution in [-0.2, 0) is 23.9 Å². The highest BCUT2D eigenvalue weighted by Crippen LogP contribution is 2.70. The van der Waals surface area contributed by atoms with Crippen molar-refractivity contribution < 1.29 is 36.8 Å². The molecule has 0 aromatic heterocycles. The molecule has 0 bridgehead atoms. The predicted molar refractivity (Wildman–Crippen MR) is 109 cm³/mol. The van der Waals surface area contributed by atoms with Crippen LogP contribution in [0.5, 0.6) is 0 Å². The van der Waals surface area contributed by atoms with Gasteiger partial charge in [-0.1, -0.05) is 19.4 Å². The summed E-state index contributed by atoms with van der Waals surface area (Å²) in [7, 11) is -3.87. The van der Waals surface area contributed by atoms with E-state index in [-0.39, 0.29) is 31.0 Å². The van der Waals surface area contributed by atoms with Crippen molar-refractivity contribution in [3.63, 3.8) is 0 Å². The number of aliphatic hydroxyl groups is 2. The van der Waals surface area contributed by atoms with E-state index in [0.717, 1.165) is 11.8 Å². The molecule has 0 aromatic carbocycles. The number of ketones is 2. The van der Waals surface area contributed by atoms with Crippen LogP contribution in [-0.4, -0.2) is 60.4 Å². The van der Waals surface area contributed by atoms with Gasteiger partial charge in [0.2, 0.25) is 0 Å². The van der Waals surface area contributed by atoms with Gasteiger partial charge in [0.25, 0.3) is 10.1 Å². The molecule has 4 aliphatic carbocycles. The van der Waals surface area contributed by atoms with E-state index >= 15 is 4.39 Å². The summed E-state index contributed by atoms with van der Waals surface area (Å²) < 4.78 is 44.2. The maximum Gasteiger partial charge on any atom is 0.264 e. The molecule has 0 saturated heterocycles. The number of aliphatic hydroxyl groups excluding tert-OH is 1. The van der Waals surface area contributed by atoms with E-state index in [4.69, 9.17) is 0 Å². The summed E-state index contributed by atoms with van der Waals surface area (Å²) in [5, 5.41) is 22.6. The van der Waals surface area contributed by atoms with Gasteiger partial charge in [0.15, 0.2) is 11.6 Å². The second-order valence-corrected chi connectivity index (χ2v) is 12.1. The number of carbonyl (C=O) groups excluding carboxylic acids is 2. The molecule has 7 nitrogen and oxygen atoms in total. The lowest BCUT2D eigenvalue weighted by Gasteiger charge is -2.63. The average Bonchev–Trinajstić information content (AvgIpc) is 2.93. The number of hydrogen-bond acceptors (Lipinski definition) is 7. The Labute approximate surface area is 182 Å². The van der Waals surface area contributed by atoms with Crippen LogP contribution >= 0.6 is 0 Å². The first-order valence-electron chi connectivity index (χ1n) is 10.9. The van der Waals surface area contributed by atoms with E-state index in [1.54, 1.807) is 19.9 Å². The zero-order valence-corrected chi connectivity index (χ0v) is 19.0. The fourth-order valence-corrected chi connectivity index (χ4v) is 7.63. The van der Waals surface area contributed by atoms with Crippen molar-refractivity contribution in [2.45, 2.75) is 76.2 Å². The van der Waals surface area contributed by atoms with E-state index in [9.17, 15) is 28.2 Å². The van der Waals surface area contributed by atoms with Gasteiger partial charge < -0.3 is 10.2 Å². The lowest BCUT2D eigenvalue weighted by atomic mass is 9.44. The highest BCUT2D eigenvalue weighted by molar-refractivity contribution is 7.86. The second-order valence-electron chi connectivity index (χ2n) is 10.4. The first kappa shape index (κ1) is 23.0. The van der Waals surface area contributed by atoms with Crippen LogP contribution in [0.3, 0.4) is 0 Å². The summed E-state index contributed by atoms with van der Waals surface area (Å²) in [6, 6.07) is 0. The topological polar surface area (TPSA) is 118 Å². The Morgan fingerprint density at radius 3 is 2.55 bits per heavy atom. The van der Waals surface area contributed by atoms with Gasteiger partial charge >= 0.3 is 0 Å². The van der Waals surface area contributed by atoms with Crippen molar-refractivity contribution in [3.8, 4) is 0 Å². The normalized spacial score (nSPS) is 47.2. The van der Waals surface area contributed by atoms with Crippen molar-refractivity contribution in [1.29, 1.82) is 0 Å². The molecule has 4 aliphatic rings. The summed E-state index contributed by atoms with van der Waals surface area (Å²) >= 11 is 0. The van der Waals surface area contributed by atoms with E-state index in [0.29, 0.717) is 25.7 Å². The third-order valence-electron chi connectivity index (χ3n) is 9.06. The molecule has 174 valence electrons. The molecule has 31 heavy (non-hydrogen) atoms. The number of rotatable bonds is 4. The maximum atomic E-state index is 17.0. The van der Waals surface area contributed by atoms with E-state index in [1.165, 1.54) is 0 Å². The van der Waals surface area contributed by atoms with Crippen LogP contribution in [0, 0.1) is 22.7 Å². The molecule has 4 rings (SSSR count). The third kappa shape index (κ3) is 3.03. The number of hydrogen-bond donors (Lipinski definition) is 2. The van der Waals surface area contributed by atoms with Gasteiger partial charge in [0.05, 0.1) is 12.4 Å². The Morgan fingerprint density at radius 1 is 1.23 bits per heavy atom. The van der Waals surface area contributed by atoms with Gasteiger partial charge in [0.1, 0.15) is 17.9 Å². The number of halogens is 1. The molecule has 0 amide bonds. The number of Topliss-reactive ketones (excluding diaryl/α,β-unsaturated/α-hetero) is 1. The Morgan fingerprint density at radius 2 is 1.90 bits per heavy atom. The summed E-state index contributed by atoms with van der Waals surface area (Å²) in [4.78, 5) is 24.8. The number of carbonyl (C=O) groups is 2. The maximum absolute atomic E-state index is 17.0. The molecular formula is C22H31FO7S. The van der Waals surface area contributed by atoms with Gasteiger partial charge in [0, 0.05) is 23.2 Å². The molecule has 0 heterocycles. The minimum Gasteiger partial charge on any atom is -0.390 e. The molecular weight excluding hydrogens is 427 g/mol. The van der Waals surface area contributed by atoms with Crippen molar-refractivity contribution >= 4 is 21.7 Å². The Hall–Kier alpha value is -1.16. The average molecular weight is 459 g/mol. The fraction of sp³-hybridized carbons (Fsp3) is 0.818. The minimum absolute atomic E-state index is 0.0172. The molecule has 3 fully saturated rings. The molecule has 0 aromatic rings. The molecule has 1 unspecified atom stereocenters. The number of alkyl halides is 1. The number of fused-ring (bicyclic) bond motifs is 5. The standard InChI is InChI=1S/C22H31FO7S/c1-19-8-6-14(24)10-13(19)4-5-16-15-7-9-21(27,18(26)12-30-31(3,28)29)20(15,2)11-17(25)22(16,19)23/h10,15-17,25,27H,4-9,11-12H2,1-3H3/t15-,16-,17?,19-,20-,21-,22-/m0/s1. The van der Waals surface area contributed by atoms with Gasteiger partial charge in [-0.25, -0.2) is 4.39 Å². The van der Waals surface area contributed by atoms with Crippen LogP contribution in [0.1, 0.15) is 58.8 Å². The lowest BCUT2D eigenvalue weighted by Crippen LogP contribution is -2.69. The molecule has 2 N–H and O–H groups in total. The largest absolute Gasteiger partial charge is 0.390 e. The lowest BCUT2D eigenvalue weighted by molar-refractivity contribution is -0.226. The zero-order chi connectivity index (χ0) is 23.0. The summed E-state index contributed by atoms with van der Waals surface area (Å²) in [5.74, 6) is -1.71. The third-order valence-corrected chi connectivity index (χ3v) is 9.61. The van der Waals surface area contributed by atoms with Gasteiger partial charge in [-0.15, -0.1) is 0 Å². The van der Waals surface area contributed by atoms with Crippen molar-refractivity contribution in [2.24, 2.45) is 22.7 Å². The van der Waals surface area contributed by atoms with Crippen LogP contribution in [0.4, 0.5) is 4.39 Å². The Balaban J connectivity index is 1.70. The van der Waals surface area contributed by atoms with E-state index in [1.807, 2.05) is 0 Å². The molecule has 0 spiro atoms. The Kier molecular flexibility index (Phi) is 5.14. The monoisotopic (exact) mass is 458 g/mol. The summed E-state index contributed by atoms with van der Waals surface area (Å²) in [6.45, 7) is 2.70. The van der Waals surface area contributed by atoms with Gasteiger partial charge in [-0.3, -0.25) is 13.8 Å². The first-order valence-corrected chi connectivity index (χ1v) is 12.7. The first-order chi connectivity index (χ1) is 14.2. The van der Waals surface area contributed by atoms with E-state index < -0.39 is 56.6 Å². The fourth-order valence-electron chi connectivity index (χ4n) is 7.31. The zero-order valence-electron chi connectivity index (χ0n) is 18.2. The highest BCUT2D eigenvalue weighted by atomic mass is 32.2. The van der Waals surface area contributed by atoms with Crippen LogP contribution in [0.2, 0.25) is 0 Å². The van der Waals surface area contributed by atoms with Crippen molar-refractivity contribution in [2.75, 3.05) is 12.9 Å².